The monoisotopic (exact) mass is 242 g/mol. The van der Waals surface area contributed by atoms with Crippen LogP contribution in [0.3, 0.4) is 0 Å². The molecule has 0 N–H and O–H groups in total. The summed E-state index contributed by atoms with van der Waals surface area (Å²) in [6, 6.07) is 5.60. The number of carbonyl (C=O) groups is 1. The largest absolute Gasteiger partial charge is 0.497 e. The molecule has 3 heteroatoms. The highest BCUT2D eigenvalue weighted by molar-refractivity contribution is 9.10. The van der Waals surface area contributed by atoms with Gasteiger partial charge in [0.15, 0.2) is 0 Å². The van der Waals surface area contributed by atoms with Crippen molar-refractivity contribution in [2.45, 2.75) is 12.8 Å². The van der Waals surface area contributed by atoms with Gasteiger partial charge >= 0.3 is 0 Å². The van der Waals surface area contributed by atoms with E-state index in [0.29, 0.717) is 0 Å². The molecular formula is C10H11BrO2. The number of ether oxygens (including phenoxy) is 1. The van der Waals surface area contributed by atoms with E-state index in [4.69, 9.17) is 4.74 Å². The summed E-state index contributed by atoms with van der Waals surface area (Å²) >= 11 is 3.39. The Kier molecular flexibility index (Phi) is 3.48. The van der Waals surface area contributed by atoms with Gasteiger partial charge in [-0.3, -0.25) is 0 Å². The first-order valence-corrected chi connectivity index (χ1v) is 4.77. The van der Waals surface area contributed by atoms with E-state index >= 15 is 0 Å². The normalized spacial score (nSPS) is 12.2. The predicted molar refractivity (Wildman–Crippen MR) is 55.2 cm³/mol. The van der Waals surface area contributed by atoms with Crippen molar-refractivity contribution in [2.24, 2.45) is 0 Å². The Morgan fingerprint density at radius 3 is 2.77 bits per heavy atom. The molecule has 1 aromatic carbocycles. The van der Waals surface area contributed by atoms with Gasteiger partial charge in [0.2, 0.25) is 0 Å². The van der Waals surface area contributed by atoms with Gasteiger partial charge in [-0.2, -0.15) is 0 Å². The molecule has 0 amide bonds. The van der Waals surface area contributed by atoms with Gasteiger partial charge in [-0.05, 0) is 23.8 Å². The zero-order valence-electron chi connectivity index (χ0n) is 7.58. The molecule has 70 valence electrons. The van der Waals surface area contributed by atoms with Crippen molar-refractivity contribution in [3.8, 4) is 5.75 Å². The topological polar surface area (TPSA) is 26.3 Å². The zero-order chi connectivity index (χ0) is 9.84. The average molecular weight is 243 g/mol. The first-order chi connectivity index (χ1) is 6.19. The van der Waals surface area contributed by atoms with Crippen molar-refractivity contribution in [3.05, 3.63) is 28.2 Å². The van der Waals surface area contributed by atoms with Gasteiger partial charge in [-0.1, -0.05) is 22.9 Å². The molecule has 0 aromatic heterocycles. The van der Waals surface area contributed by atoms with Gasteiger partial charge in [-0.25, -0.2) is 0 Å². The lowest BCUT2D eigenvalue weighted by atomic mass is 10.0. The van der Waals surface area contributed by atoms with Crippen LogP contribution in [0.4, 0.5) is 0 Å². The van der Waals surface area contributed by atoms with Gasteiger partial charge in [0.05, 0.1) is 7.11 Å². The van der Waals surface area contributed by atoms with Gasteiger partial charge in [0.25, 0.3) is 0 Å². The number of halogens is 1. The molecule has 0 spiro atoms. The fourth-order valence-electron chi connectivity index (χ4n) is 1.07. The van der Waals surface area contributed by atoms with E-state index in [-0.39, 0.29) is 5.92 Å². The molecule has 0 aliphatic carbocycles. The number of hydrogen-bond acceptors (Lipinski definition) is 2. The summed E-state index contributed by atoms with van der Waals surface area (Å²) in [7, 11) is 1.61. The Morgan fingerprint density at radius 2 is 2.23 bits per heavy atom. The summed E-state index contributed by atoms with van der Waals surface area (Å²) in [5.74, 6) is 0.663. The van der Waals surface area contributed by atoms with Crippen molar-refractivity contribution in [3.63, 3.8) is 0 Å². The SMILES string of the molecule is COc1ccc(Br)c(C(C)C=O)c1. The molecular weight excluding hydrogens is 232 g/mol. The third kappa shape index (κ3) is 2.31. The first-order valence-electron chi connectivity index (χ1n) is 3.97. The van der Waals surface area contributed by atoms with Crippen LogP contribution in [0.5, 0.6) is 5.75 Å². The molecule has 0 aliphatic heterocycles. The summed E-state index contributed by atoms with van der Waals surface area (Å²) in [6.07, 6.45) is 0.916. The quantitative estimate of drug-likeness (QED) is 0.763. The molecule has 0 saturated carbocycles. The van der Waals surface area contributed by atoms with Crippen LogP contribution in [0.1, 0.15) is 18.4 Å². The standard InChI is InChI=1S/C10H11BrO2/c1-7(6-12)9-5-8(13-2)3-4-10(9)11/h3-7H,1-2H3. The Balaban J connectivity index is 3.10. The molecule has 1 unspecified atom stereocenters. The second kappa shape index (κ2) is 4.42. The Morgan fingerprint density at radius 1 is 1.54 bits per heavy atom. The van der Waals surface area contributed by atoms with E-state index in [9.17, 15) is 4.79 Å². The van der Waals surface area contributed by atoms with E-state index in [1.54, 1.807) is 7.11 Å². The van der Waals surface area contributed by atoms with Crippen LogP contribution in [0.25, 0.3) is 0 Å². The third-order valence-corrected chi connectivity index (χ3v) is 2.62. The summed E-state index contributed by atoms with van der Waals surface area (Å²) in [4.78, 5) is 10.6. The van der Waals surface area contributed by atoms with Crippen LogP contribution in [0, 0.1) is 0 Å². The number of hydrogen-bond donors (Lipinski definition) is 0. The summed E-state index contributed by atoms with van der Waals surface area (Å²) in [5, 5.41) is 0. The minimum atomic E-state index is -0.107. The molecule has 0 radical (unpaired) electrons. The molecule has 0 fully saturated rings. The van der Waals surface area contributed by atoms with Crippen LogP contribution in [-0.4, -0.2) is 13.4 Å². The molecule has 13 heavy (non-hydrogen) atoms. The van der Waals surface area contributed by atoms with Crippen LogP contribution in [0.15, 0.2) is 22.7 Å². The van der Waals surface area contributed by atoms with Crippen LogP contribution >= 0.6 is 15.9 Å². The molecule has 0 aliphatic rings. The fourth-order valence-corrected chi connectivity index (χ4v) is 1.68. The lowest BCUT2D eigenvalue weighted by Gasteiger charge is -2.08. The lowest BCUT2D eigenvalue weighted by molar-refractivity contribution is -0.108. The van der Waals surface area contributed by atoms with E-state index < -0.39 is 0 Å². The van der Waals surface area contributed by atoms with Crippen molar-refractivity contribution in [1.82, 2.24) is 0 Å². The van der Waals surface area contributed by atoms with Gasteiger partial charge in [0, 0.05) is 10.4 Å². The predicted octanol–water partition coefficient (Wildman–Crippen LogP) is 2.76. The molecule has 0 saturated heterocycles. The van der Waals surface area contributed by atoms with Crippen LogP contribution in [0.2, 0.25) is 0 Å². The summed E-state index contributed by atoms with van der Waals surface area (Å²) in [5.41, 5.74) is 0.953. The minimum absolute atomic E-state index is 0.107. The van der Waals surface area contributed by atoms with Gasteiger partial charge in [0.1, 0.15) is 12.0 Å². The molecule has 1 rings (SSSR count). The maximum Gasteiger partial charge on any atom is 0.127 e. The maximum atomic E-state index is 10.6. The van der Waals surface area contributed by atoms with E-state index in [1.807, 2.05) is 25.1 Å². The number of benzene rings is 1. The van der Waals surface area contributed by atoms with Gasteiger partial charge < -0.3 is 9.53 Å². The fraction of sp³-hybridized carbons (Fsp3) is 0.300. The van der Waals surface area contributed by atoms with Crippen LogP contribution < -0.4 is 4.74 Å². The molecule has 0 bridgehead atoms. The van der Waals surface area contributed by atoms with Crippen molar-refractivity contribution in [1.29, 1.82) is 0 Å². The van der Waals surface area contributed by atoms with E-state index in [2.05, 4.69) is 15.9 Å². The van der Waals surface area contributed by atoms with Crippen molar-refractivity contribution >= 4 is 22.2 Å². The lowest BCUT2D eigenvalue weighted by Crippen LogP contribution is -1.96. The molecule has 0 heterocycles. The highest BCUT2D eigenvalue weighted by Gasteiger charge is 2.08. The number of rotatable bonds is 3. The molecule has 2 nitrogen and oxygen atoms in total. The molecule has 1 aromatic rings. The Bertz CT molecular complexity index is 310. The van der Waals surface area contributed by atoms with Crippen molar-refractivity contribution in [2.75, 3.05) is 7.11 Å². The van der Waals surface area contributed by atoms with Crippen LogP contribution in [-0.2, 0) is 4.79 Å². The molecule has 1 atom stereocenters. The smallest absolute Gasteiger partial charge is 0.127 e. The van der Waals surface area contributed by atoms with Crippen molar-refractivity contribution < 1.29 is 9.53 Å². The van der Waals surface area contributed by atoms with E-state index in [0.717, 1.165) is 22.1 Å². The highest BCUT2D eigenvalue weighted by Crippen LogP contribution is 2.27. The van der Waals surface area contributed by atoms with E-state index in [1.165, 1.54) is 0 Å². The maximum absolute atomic E-state index is 10.6. The number of aldehydes is 1. The highest BCUT2D eigenvalue weighted by atomic mass is 79.9. The second-order valence-corrected chi connectivity index (χ2v) is 3.67. The first kappa shape index (κ1) is 10.3. The minimum Gasteiger partial charge on any atom is -0.497 e. The zero-order valence-corrected chi connectivity index (χ0v) is 9.17. The Labute approximate surface area is 86.0 Å². The Hall–Kier alpha value is -0.830. The number of methoxy groups -OCH3 is 1. The van der Waals surface area contributed by atoms with Gasteiger partial charge in [-0.15, -0.1) is 0 Å². The summed E-state index contributed by atoms with van der Waals surface area (Å²) in [6.45, 7) is 1.85. The summed E-state index contributed by atoms with van der Waals surface area (Å²) < 4.78 is 6.01. The third-order valence-electron chi connectivity index (χ3n) is 1.90. The average Bonchev–Trinajstić information content (AvgIpc) is 2.17. The second-order valence-electron chi connectivity index (χ2n) is 2.81. The number of carbonyl (C=O) groups excluding carboxylic acids is 1.